The van der Waals surface area contributed by atoms with Gasteiger partial charge in [0.2, 0.25) is 5.91 Å². The predicted octanol–water partition coefficient (Wildman–Crippen LogP) is 3.90. The number of hydrogen-bond acceptors (Lipinski definition) is 7. The molecule has 1 aromatic carbocycles. The minimum Gasteiger partial charge on any atom is -0.462 e. The number of fused-ring (bicyclic) bond motifs is 1. The Morgan fingerprint density at radius 2 is 1.78 bits per heavy atom. The third-order valence-corrected chi connectivity index (χ3v) is 6.32. The van der Waals surface area contributed by atoms with Gasteiger partial charge in [0.15, 0.2) is 0 Å². The van der Waals surface area contributed by atoms with Crippen molar-refractivity contribution >= 4 is 40.0 Å². The number of hydrogen-bond donors (Lipinski definition) is 1. The minimum atomic E-state index is -0.514. The van der Waals surface area contributed by atoms with E-state index in [1.807, 2.05) is 6.07 Å². The van der Waals surface area contributed by atoms with Gasteiger partial charge in [-0.3, -0.25) is 19.3 Å². The summed E-state index contributed by atoms with van der Waals surface area (Å²) >= 11 is 1.03. The highest BCUT2D eigenvalue weighted by atomic mass is 32.1. The highest BCUT2D eigenvalue weighted by molar-refractivity contribution is 7.18. The quantitative estimate of drug-likeness (QED) is 0.350. The van der Waals surface area contributed by atoms with Gasteiger partial charge in [0.05, 0.1) is 23.3 Å². The number of carbonyl (C=O) groups is 4. The Morgan fingerprint density at radius 3 is 2.38 bits per heavy atom. The third kappa shape index (κ3) is 4.70. The molecule has 0 atom stereocenters. The van der Waals surface area contributed by atoms with E-state index in [4.69, 9.17) is 4.74 Å². The van der Waals surface area contributed by atoms with Crippen molar-refractivity contribution in [2.24, 2.45) is 0 Å². The summed E-state index contributed by atoms with van der Waals surface area (Å²) in [6, 6.07) is 8.79. The zero-order valence-electron chi connectivity index (χ0n) is 17.9. The Balaban J connectivity index is 1.47. The van der Waals surface area contributed by atoms with E-state index in [0.29, 0.717) is 52.4 Å². The SMILES string of the molecule is CCOC(=O)c1sc(NC(=O)CCCCCN2C(=O)c3ccccc3C2=O)c(C#N)c1C. The van der Waals surface area contributed by atoms with Gasteiger partial charge in [0.1, 0.15) is 15.9 Å². The number of benzene rings is 1. The first-order valence-electron chi connectivity index (χ1n) is 10.3. The number of thiophene rings is 1. The Kier molecular flexibility index (Phi) is 7.38. The lowest BCUT2D eigenvalue weighted by Crippen LogP contribution is -2.30. The van der Waals surface area contributed by atoms with Crippen LogP contribution in [0.3, 0.4) is 0 Å². The second-order valence-electron chi connectivity index (χ2n) is 7.26. The molecule has 0 fully saturated rings. The first kappa shape index (κ1) is 23.2. The number of amides is 3. The Hall–Kier alpha value is -3.51. The first-order valence-corrected chi connectivity index (χ1v) is 11.2. The van der Waals surface area contributed by atoms with Crippen molar-refractivity contribution < 1.29 is 23.9 Å². The van der Waals surface area contributed by atoms with Crippen molar-refractivity contribution in [3.8, 4) is 6.07 Å². The van der Waals surface area contributed by atoms with Crippen LogP contribution >= 0.6 is 11.3 Å². The van der Waals surface area contributed by atoms with Gasteiger partial charge >= 0.3 is 5.97 Å². The first-order chi connectivity index (χ1) is 15.4. The summed E-state index contributed by atoms with van der Waals surface area (Å²) in [5.41, 5.74) is 1.61. The maximum Gasteiger partial charge on any atom is 0.348 e. The minimum absolute atomic E-state index is 0.221. The molecule has 1 N–H and O–H groups in total. The van der Waals surface area contributed by atoms with Gasteiger partial charge in [-0.15, -0.1) is 11.3 Å². The van der Waals surface area contributed by atoms with E-state index in [0.717, 1.165) is 11.3 Å². The predicted molar refractivity (Wildman–Crippen MR) is 119 cm³/mol. The molecule has 1 aromatic heterocycles. The Bertz CT molecular complexity index is 1080. The van der Waals surface area contributed by atoms with Crippen LogP contribution in [0.4, 0.5) is 5.00 Å². The van der Waals surface area contributed by atoms with Gasteiger partial charge in [-0.25, -0.2) is 4.79 Å². The van der Waals surface area contributed by atoms with Crippen LogP contribution in [0.1, 0.15) is 74.1 Å². The molecule has 0 saturated heterocycles. The summed E-state index contributed by atoms with van der Waals surface area (Å²) in [5, 5.41) is 12.4. The zero-order valence-corrected chi connectivity index (χ0v) is 18.7. The monoisotopic (exact) mass is 453 g/mol. The lowest BCUT2D eigenvalue weighted by atomic mass is 10.1. The van der Waals surface area contributed by atoms with Crippen LogP contribution in [-0.4, -0.2) is 41.7 Å². The topological polar surface area (TPSA) is 117 Å². The van der Waals surface area contributed by atoms with Crippen LogP contribution in [-0.2, 0) is 9.53 Å². The summed E-state index contributed by atoms with van der Waals surface area (Å²) in [6.45, 7) is 3.87. The summed E-state index contributed by atoms with van der Waals surface area (Å²) in [5.74, 6) is -1.34. The molecule has 2 aromatic rings. The summed E-state index contributed by atoms with van der Waals surface area (Å²) in [4.78, 5) is 50.6. The maximum absolute atomic E-state index is 12.3. The van der Waals surface area contributed by atoms with Gasteiger partial charge in [-0.05, 0) is 44.4 Å². The molecule has 9 heteroatoms. The Labute approximate surface area is 189 Å². The molecule has 0 aliphatic carbocycles. The van der Waals surface area contributed by atoms with Crippen LogP contribution in [0.15, 0.2) is 24.3 Å². The number of ether oxygens (including phenoxy) is 1. The molecule has 3 rings (SSSR count). The van der Waals surface area contributed by atoms with Crippen LogP contribution in [0, 0.1) is 18.3 Å². The number of carbonyl (C=O) groups excluding carboxylic acids is 4. The number of imide groups is 1. The van der Waals surface area contributed by atoms with Crippen molar-refractivity contribution in [2.75, 3.05) is 18.5 Å². The Morgan fingerprint density at radius 1 is 1.12 bits per heavy atom. The molecule has 8 nitrogen and oxygen atoms in total. The highest BCUT2D eigenvalue weighted by Crippen LogP contribution is 2.33. The van der Waals surface area contributed by atoms with Crippen LogP contribution in [0.5, 0.6) is 0 Å². The average Bonchev–Trinajstić information content (AvgIpc) is 3.22. The van der Waals surface area contributed by atoms with E-state index in [-0.39, 0.29) is 36.3 Å². The normalized spacial score (nSPS) is 12.5. The number of rotatable bonds is 9. The largest absolute Gasteiger partial charge is 0.462 e. The van der Waals surface area contributed by atoms with Crippen molar-refractivity contribution in [3.63, 3.8) is 0 Å². The molecule has 0 spiro atoms. The molecule has 0 unspecified atom stereocenters. The average molecular weight is 454 g/mol. The molecule has 1 aliphatic heterocycles. The molecular weight excluding hydrogens is 430 g/mol. The van der Waals surface area contributed by atoms with Gasteiger partial charge < -0.3 is 10.1 Å². The van der Waals surface area contributed by atoms with Crippen molar-refractivity contribution in [1.82, 2.24) is 4.90 Å². The molecule has 2 heterocycles. The molecule has 0 saturated carbocycles. The number of nitriles is 1. The highest BCUT2D eigenvalue weighted by Gasteiger charge is 2.34. The second kappa shape index (κ2) is 10.2. The summed E-state index contributed by atoms with van der Waals surface area (Å²) in [7, 11) is 0. The third-order valence-electron chi connectivity index (χ3n) is 5.14. The molecule has 32 heavy (non-hydrogen) atoms. The molecule has 0 bridgehead atoms. The van der Waals surface area contributed by atoms with Crippen molar-refractivity contribution in [3.05, 3.63) is 51.4 Å². The summed E-state index contributed by atoms with van der Waals surface area (Å²) in [6.07, 6.45) is 2.03. The van der Waals surface area contributed by atoms with Crippen LogP contribution in [0.25, 0.3) is 0 Å². The van der Waals surface area contributed by atoms with E-state index in [2.05, 4.69) is 5.32 Å². The van der Waals surface area contributed by atoms with Crippen molar-refractivity contribution in [1.29, 1.82) is 5.26 Å². The van der Waals surface area contributed by atoms with Gasteiger partial charge in [-0.2, -0.15) is 5.26 Å². The summed E-state index contributed by atoms with van der Waals surface area (Å²) < 4.78 is 4.99. The van der Waals surface area contributed by atoms with E-state index in [9.17, 15) is 24.4 Å². The number of nitrogens with one attached hydrogen (secondary N) is 1. The van der Waals surface area contributed by atoms with Gasteiger partial charge in [0.25, 0.3) is 11.8 Å². The van der Waals surface area contributed by atoms with Gasteiger partial charge in [0, 0.05) is 13.0 Å². The molecular formula is C23H23N3O5S. The van der Waals surface area contributed by atoms with E-state index in [1.165, 1.54) is 4.90 Å². The number of esters is 1. The fourth-order valence-electron chi connectivity index (χ4n) is 3.49. The maximum atomic E-state index is 12.3. The molecule has 166 valence electrons. The van der Waals surface area contributed by atoms with E-state index >= 15 is 0 Å². The van der Waals surface area contributed by atoms with Crippen molar-refractivity contribution in [2.45, 2.75) is 39.5 Å². The van der Waals surface area contributed by atoms with Crippen LogP contribution in [0.2, 0.25) is 0 Å². The van der Waals surface area contributed by atoms with Crippen LogP contribution < -0.4 is 5.32 Å². The smallest absolute Gasteiger partial charge is 0.348 e. The molecule has 0 radical (unpaired) electrons. The second-order valence-corrected chi connectivity index (χ2v) is 8.28. The zero-order chi connectivity index (χ0) is 23.3. The molecule has 1 aliphatic rings. The fraction of sp³-hybridized carbons (Fsp3) is 0.348. The lowest BCUT2D eigenvalue weighted by Gasteiger charge is -2.13. The van der Waals surface area contributed by atoms with Gasteiger partial charge in [-0.1, -0.05) is 18.6 Å². The van der Waals surface area contributed by atoms with E-state index in [1.54, 1.807) is 38.1 Å². The number of unbranched alkanes of at least 4 members (excludes halogenated alkanes) is 2. The lowest BCUT2D eigenvalue weighted by molar-refractivity contribution is -0.116. The number of nitrogens with zero attached hydrogens (tertiary/aromatic N) is 2. The fourth-order valence-corrected chi connectivity index (χ4v) is 4.56. The molecule has 3 amide bonds. The van der Waals surface area contributed by atoms with E-state index < -0.39 is 5.97 Å². The standard InChI is InChI=1S/C23H23N3O5S/c1-3-31-23(30)19-14(2)17(13-24)20(32-19)25-18(27)11-5-4-8-12-26-21(28)15-9-6-7-10-16(15)22(26)29/h6-7,9-10H,3-5,8,11-12H2,1-2H3,(H,25,27). The number of anilines is 1.